The van der Waals surface area contributed by atoms with E-state index >= 15 is 0 Å². The molecule has 6 nitrogen and oxygen atoms in total. The molecule has 2 rings (SSSR count). The van der Waals surface area contributed by atoms with Crippen LogP contribution in [0, 0.1) is 0 Å². The van der Waals surface area contributed by atoms with E-state index in [1.54, 1.807) is 0 Å². The Morgan fingerprint density at radius 2 is 1.85 bits per heavy atom. The molecule has 7 heteroatoms. The number of nitrogens with two attached hydrogens (primary N) is 1. The molecule has 110 valence electrons. The molecule has 2 N–H and O–H groups in total. The monoisotopic (exact) mass is 295 g/mol. The van der Waals surface area contributed by atoms with E-state index in [9.17, 15) is 0 Å². The molecule has 2 aromatic heterocycles. The van der Waals surface area contributed by atoms with E-state index in [-0.39, 0.29) is 5.41 Å². The summed E-state index contributed by atoms with van der Waals surface area (Å²) in [6.07, 6.45) is 1.52. The van der Waals surface area contributed by atoms with Crippen LogP contribution in [0.25, 0.3) is 10.8 Å². The van der Waals surface area contributed by atoms with Crippen molar-refractivity contribution in [2.24, 2.45) is 5.73 Å². The van der Waals surface area contributed by atoms with Crippen molar-refractivity contribution in [2.45, 2.75) is 58.4 Å². The lowest BCUT2D eigenvalue weighted by atomic mass is 9.91. The van der Waals surface area contributed by atoms with Crippen LogP contribution >= 0.6 is 11.5 Å². The standard InChI is InChI=1S/C13H21N5OS/c1-6-13(14,7-2)11-15-10(19-17-11)8-9(12(3,4)5)16-18-20-8/h6-7,14H2,1-5H3. The number of nitrogens with zero attached hydrogens (tertiary/aromatic N) is 4. The molecule has 0 aliphatic rings. The lowest BCUT2D eigenvalue weighted by molar-refractivity contribution is 0.350. The van der Waals surface area contributed by atoms with Crippen molar-refractivity contribution in [1.29, 1.82) is 0 Å². The van der Waals surface area contributed by atoms with Crippen molar-refractivity contribution in [2.75, 3.05) is 0 Å². The summed E-state index contributed by atoms with van der Waals surface area (Å²) in [5, 5.41) is 8.23. The van der Waals surface area contributed by atoms with Crippen molar-refractivity contribution in [3.8, 4) is 10.8 Å². The molecular formula is C13H21N5OS. The molecule has 0 spiro atoms. The molecule has 0 bridgehead atoms. The molecule has 0 aliphatic carbocycles. The minimum absolute atomic E-state index is 0.119. The van der Waals surface area contributed by atoms with E-state index in [0.29, 0.717) is 11.7 Å². The summed E-state index contributed by atoms with van der Waals surface area (Å²) in [5.41, 5.74) is 6.51. The third kappa shape index (κ3) is 2.60. The van der Waals surface area contributed by atoms with Gasteiger partial charge in [-0.05, 0) is 24.4 Å². The lowest BCUT2D eigenvalue weighted by Crippen LogP contribution is -2.36. The molecule has 0 aliphatic heterocycles. The molecule has 0 amide bonds. The summed E-state index contributed by atoms with van der Waals surface area (Å²) in [4.78, 5) is 5.29. The molecule has 0 aromatic carbocycles. The fourth-order valence-electron chi connectivity index (χ4n) is 1.91. The van der Waals surface area contributed by atoms with Crippen molar-refractivity contribution in [3.05, 3.63) is 11.5 Å². The van der Waals surface area contributed by atoms with Crippen LogP contribution in [-0.2, 0) is 11.0 Å². The Balaban J connectivity index is 2.42. The van der Waals surface area contributed by atoms with Gasteiger partial charge in [-0.25, -0.2) is 0 Å². The zero-order valence-electron chi connectivity index (χ0n) is 12.6. The van der Waals surface area contributed by atoms with Gasteiger partial charge in [0.1, 0.15) is 4.88 Å². The summed E-state index contributed by atoms with van der Waals surface area (Å²) in [7, 11) is 0. The van der Waals surface area contributed by atoms with Gasteiger partial charge < -0.3 is 10.3 Å². The van der Waals surface area contributed by atoms with Gasteiger partial charge in [-0.15, -0.1) is 5.10 Å². The molecule has 0 atom stereocenters. The van der Waals surface area contributed by atoms with Gasteiger partial charge in [0.2, 0.25) is 0 Å². The number of hydrogen-bond donors (Lipinski definition) is 1. The van der Waals surface area contributed by atoms with E-state index < -0.39 is 5.54 Å². The van der Waals surface area contributed by atoms with Crippen molar-refractivity contribution in [1.82, 2.24) is 19.7 Å². The van der Waals surface area contributed by atoms with Crippen LogP contribution in [-0.4, -0.2) is 19.7 Å². The van der Waals surface area contributed by atoms with E-state index in [2.05, 4.69) is 40.5 Å². The lowest BCUT2D eigenvalue weighted by Gasteiger charge is -2.21. The number of aromatic nitrogens is 4. The minimum Gasteiger partial charge on any atom is -0.333 e. The molecule has 2 aromatic rings. The highest BCUT2D eigenvalue weighted by Gasteiger charge is 2.31. The Morgan fingerprint density at radius 3 is 2.40 bits per heavy atom. The first-order valence-electron chi connectivity index (χ1n) is 6.78. The van der Waals surface area contributed by atoms with Gasteiger partial charge in [-0.1, -0.05) is 44.3 Å². The highest BCUT2D eigenvalue weighted by Crippen LogP contribution is 2.34. The average molecular weight is 295 g/mol. The number of hydrogen-bond acceptors (Lipinski definition) is 7. The first kappa shape index (κ1) is 15.1. The Kier molecular flexibility index (Phi) is 3.93. The van der Waals surface area contributed by atoms with Gasteiger partial charge >= 0.3 is 0 Å². The molecular weight excluding hydrogens is 274 g/mol. The topological polar surface area (TPSA) is 90.7 Å². The molecule has 0 fully saturated rings. The zero-order valence-corrected chi connectivity index (χ0v) is 13.4. The minimum atomic E-state index is -0.540. The van der Waals surface area contributed by atoms with Crippen molar-refractivity contribution in [3.63, 3.8) is 0 Å². The molecule has 0 saturated heterocycles. The fourth-order valence-corrected chi connectivity index (χ4v) is 2.70. The van der Waals surface area contributed by atoms with Crippen LogP contribution in [0.3, 0.4) is 0 Å². The summed E-state index contributed by atoms with van der Waals surface area (Å²) in [6.45, 7) is 10.3. The number of rotatable bonds is 4. The van der Waals surface area contributed by atoms with Crippen molar-refractivity contribution < 1.29 is 4.52 Å². The zero-order chi connectivity index (χ0) is 15.0. The van der Waals surface area contributed by atoms with Crippen LogP contribution in [0.15, 0.2) is 4.52 Å². The Morgan fingerprint density at radius 1 is 1.20 bits per heavy atom. The summed E-state index contributed by atoms with van der Waals surface area (Å²) < 4.78 is 9.39. The van der Waals surface area contributed by atoms with Crippen LogP contribution in [0.2, 0.25) is 0 Å². The summed E-state index contributed by atoms with van der Waals surface area (Å²) >= 11 is 1.27. The van der Waals surface area contributed by atoms with Gasteiger partial charge in [0.15, 0.2) is 5.82 Å². The summed E-state index contributed by atoms with van der Waals surface area (Å²) in [6, 6.07) is 0. The molecule has 20 heavy (non-hydrogen) atoms. The second-order valence-electron chi connectivity index (χ2n) is 5.99. The van der Waals surface area contributed by atoms with Gasteiger partial charge in [0, 0.05) is 5.41 Å². The SMILES string of the molecule is CCC(N)(CC)c1noc(-c2snnc2C(C)(C)C)n1. The van der Waals surface area contributed by atoms with E-state index in [1.807, 2.05) is 13.8 Å². The quantitative estimate of drug-likeness (QED) is 0.932. The maximum absolute atomic E-state index is 6.30. The van der Waals surface area contributed by atoms with Gasteiger partial charge in [-0.2, -0.15) is 4.98 Å². The third-order valence-corrected chi connectivity index (χ3v) is 4.24. The second kappa shape index (κ2) is 5.21. The Labute approximate surface area is 122 Å². The maximum Gasteiger partial charge on any atom is 0.271 e. The summed E-state index contributed by atoms with van der Waals surface area (Å²) in [5.74, 6) is 1.00. The van der Waals surface area contributed by atoms with Gasteiger partial charge in [0.25, 0.3) is 5.89 Å². The first-order valence-corrected chi connectivity index (χ1v) is 7.55. The van der Waals surface area contributed by atoms with Crippen LogP contribution in [0.5, 0.6) is 0 Å². The molecule has 2 heterocycles. The largest absolute Gasteiger partial charge is 0.333 e. The highest BCUT2D eigenvalue weighted by molar-refractivity contribution is 7.09. The van der Waals surface area contributed by atoms with E-state index in [0.717, 1.165) is 23.4 Å². The van der Waals surface area contributed by atoms with E-state index in [1.165, 1.54) is 11.5 Å². The predicted octanol–water partition coefficient (Wildman–Crippen LogP) is 2.86. The van der Waals surface area contributed by atoms with Crippen LogP contribution in [0.1, 0.15) is 59.0 Å². The Bertz CT molecular complexity index is 580. The molecule has 0 unspecified atom stereocenters. The normalized spacial score (nSPS) is 12.9. The van der Waals surface area contributed by atoms with Crippen LogP contribution in [0.4, 0.5) is 0 Å². The van der Waals surface area contributed by atoms with E-state index in [4.69, 9.17) is 10.3 Å². The molecule has 0 radical (unpaired) electrons. The smallest absolute Gasteiger partial charge is 0.271 e. The maximum atomic E-state index is 6.30. The highest BCUT2D eigenvalue weighted by atomic mass is 32.1. The first-order chi connectivity index (χ1) is 9.31. The van der Waals surface area contributed by atoms with Gasteiger partial charge in [0.05, 0.1) is 11.2 Å². The van der Waals surface area contributed by atoms with Gasteiger partial charge in [-0.3, -0.25) is 0 Å². The Hall–Kier alpha value is -1.34. The second-order valence-corrected chi connectivity index (χ2v) is 6.74. The average Bonchev–Trinajstić information content (AvgIpc) is 3.04. The third-order valence-electron chi connectivity index (χ3n) is 3.53. The fraction of sp³-hybridized carbons (Fsp3) is 0.692. The van der Waals surface area contributed by atoms with Crippen molar-refractivity contribution >= 4 is 11.5 Å². The molecule has 0 saturated carbocycles. The predicted molar refractivity (Wildman–Crippen MR) is 78.3 cm³/mol. The van der Waals surface area contributed by atoms with Crippen LogP contribution < -0.4 is 5.73 Å².